The monoisotopic (exact) mass is 362 g/mol. The maximum atomic E-state index is 4.66. The van der Waals surface area contributed by atoms with Gasteiger partial charge in [-0.25, -0.2) is 4.99 Å². The Morgan fingerprint density at radius 3 is 2.59 bits per heavy atom. The van der Waals surface area contributed by atoms with Crippen LogP contribution in [0.25, 0.3) is 0 Å². The Balaban J connectivity index is 1.86. The first kappa shape index (κ1) is 19.7. The van der Waals surface area contributed by atoms with Gasteiger partial charge in [0.15, 0.2) is 0 Å². The molecular weight excluding hydrogens is 328 g/mol. The zero-order valence-electron chi connectivity index (χ0n) is 18.1. The van der Waals surface area contributed by atoms with Crippen molar-refractivity contribution in [2.75, 3.05) is 13.6 Å². The van der Waals surface area contributed by atoms with Gasteiger partial charge in [-0.15, -0.1) is 0 Å². The second kappa shape index (κ2) is 7.50. The van der Waals surface area contributed by atoms with Crippen LogP contribution in [0, 0.1) is 13.8 Å². The predicted octanol–water partition coefficient (Wildman–Crippen LogP) is 6.29. The first-order valence-electron chi connectivity index (χ1n) is 10.2. The van der Waals surface area contributed by atoms with Crippen LogP contribution in [-0.4, -0.2) is 24.8 Å². The quantitative estimate of drug-likeness (QED) is 0.451. The molecule has 0 radical (unpaired) electrons. The molecule has 0 bridgehead atoms. The number of nitrogens with zero attached hydrogens (tertiary/aromatic N) is 2. The zero-order chi connectivity index (χ0) is 19.8. The molecule has 0 aromatic heterocycles. The lowest BCUT2D eigenvalue weighted by molar-refractivity contribution is 0.489. The second-order valence-electron chi connectivity index (χ2n) is 8.97. The number of aryl methyl sites for hydroxylation is 2. The minimum atomic E-state index is 0.311. The summed E-state index contributed by atoms with van der Waals surface area (Å²) in [6.07, 6.45) is 4.17. The van der Waals surface area contributed by atoms with E-state index in [1.807, 2.05) is 6.34 Å². The highest BCUT2D eigenvalue weighted by atomic mass is 15.1. The van der Waals surface area contributed by atoms with Gasteiger partial charge in [0.05, 0.1) is 12.0 Å². The van der Waals surface area contributed by atoms with Crippen molar-refractivity contribution in [2.24, 2.45) is 4.99 Å². The molecule has 0 spiro atoms. The van der Waals surface area contributed by atoms with E-state index >= 15 is 0 Å². The molecule has 0 amide bonds. The van der Waals surface area contributed by atoms with Gasteiger partial charge < -0.3 is 4.90 Å². The summed E-state index contributed by atoms with van der Waals surface area (Å²) in [6, 6.07) is 11.7. The maximum Gasteiger partial charge on any atom is 0.0909 e. The number of aliphatic imine (C=N–C) groups is 1. The van der Waals surface area contributed by atoms with Gasteiger partial charge in [0, 0.05) is 13.6 Å². The molecule has 1 aliphatic carbocycles. The highest BCUT2D eigenvalue weighted by molar-refractivity contribution is 5.64. The van der Waals surface area contributed by atoms with E-state index in [4.69, 9.17) is 0 Å². The summed E-state index contributed by atoms with van der Waals surface area (Å²) in [5, 5.41) is 0. The summed E-state index contributed by atoms with van der Waals surface area (Å²) in [5.74, 6) is 0.657. The summed E-state index contributed by atoms with van der Waals surface area (Å²) in [6.45, 7) is 14.6. The molecule has 2 aromatic rings. The molecule has 1 aliphatic rings. The molecule has 0 saturated heterocycles. The fraction of sp³-hybridized carbons (Fsp3) is 0.480. The smallest absolute Gasteiger partial charge is 0.0909 e. The molecule has 0 fully saturated rings. The molecule has 0 N–H and O–H groups in total. The number of fused-ring (bicyclic) bond motifs is 1. The van der Waals surface area contributed by atoms with Crippen molar-refractivity contribution in [3.05, 3.63) is 63.7 Å². The lowest BCUT2D eigenvalue weighted by Crippen LogP contribution is -2.14. The van der Waals surface area contributed by atoms with E-state index in [9.17, 15) is 0 Å². The average Bonchev–Trinajstić information content (AvgIpc) is 2.85. The topological polar surface area (TPSA) is 15.6 Å². The van der Waals surface area contributed by atoms with Crippen molar-refractivity contribution in [3.8, 4) is 0 Å². The Morgan fingerprint density at radius 2 is 1.89 bits per heavy atom. The standard InChI is InChI=1S/C25H34N2/c1-8-27(7)16-26-24-12-17(2)21(11-18(24)3)13-20-9-10-23-22(14-20)19(4)15-25(23,5)6/h9-12,14,16,19H,8,13,15H2,1-7H3/b26-16-. The Kier molecular flexibility index (Phi) is 5.46. The molecule has 0 heterocycles. The van der Waals surface area contributed by atoms with Crippen molar-refractivity contribution >= 4 is 12.0 Å². The lowest BCUT2D eigenvalue weighted by atomic mass is 9.85. The van der Waals surface area contributed by atoms with Crippen LogP contribution in [-0.2, 0) is 11.8 Å². The lowest BCUT2D eigenvalue weighted by Gasteiger charge is -2.19. The van der Waals surface area contributed by atoms with Gasteiger partial charge in [-0.3, -0.25) is 0 Å². The summed E-state index contributed by atoms with van der Waals surface area (Å²) < 4.78 is 0. The van der Waals surface area contributed by atoms with E-state index in [0.717, 1.165) is 18.7 Å². The van der Waals surface area contributed by atoms with E-state index in [1.165, 1.54) is 34.2 Å². The molecule has 0 saturated carbocycles. The van der Waals surface area contributed by atoms with Crippen LogP contribution >= 0.6 is 0 Å². The van der Waals surface area contributed by atoms with Crippen LogP contribution in [0.15, 0.2) is 35.3 Å². The molecular formula is C25H34N2. The second-order valence-corrected chi connectivity index (χ2v) is 8.97. The maximum absolute atomic E-state index is 4.66. The molecule has 3 rings (SSSR count). The van der Waals surface area contributed by atoms with Gasteiger partial charge in [-0.1, -0.05) is 45.0 Å². The third kappa shape index (κ3) is 4.10. The minimum Gasteiger partial charge on any atom is -0.366 e. The van der Waals surface area contributed by atoms with E-state index in [0.29, 0.717) is 11.3 Å². The van der Waals surface area contributed by atoms with Crippen molar-refractivity contribution in [1.29, 1.82) is 0 Å². The van der Waals surface area contributed by atoms with Crippen molar-refractivity contribution in [1.82, 2.24) is 4.90 Å². The van der Waals surface area contributed by atoms with Gasteiger partial charge in [0.1, 0.15) is 0 Å². The molecule has 2 heteroatoms. The van der Waals surface area contributed by atoms with Crippen molar-refractivity contribution in [3.63, 3.8) is 0 Å². The fourth-order valence-electron chi connectivity index (χ4n) is 4.38. The van der Waals surface area contributed by atoms with Crippen molar-refractivity contribution in [2.45, 2.75) is 65.7 Å². The summed E-state index contributed by atoms with van der Waals surface area (Å²) in [5.41, 5.74) is 9.86. The molecule has 0 aliphatic heterocycles. The molecule has 144 valence electrons. The predicted molar refractivity (Wildman–Crippen MR) is 118 cm³/mol. The first-order chi connectivity index (χ1) is 12.7. The number of hydrogen-bond acceptors (Lipinski definition) is 1. The van der Waals surface area contributed by atoms with Gasteiger partial charge in [0.2, 0.25) is 0 Å². The number of benzene rings is 2. The molecule has 1 unspecified atom stereocenters. The van der Waals surface area contributed by atoms with Crippen LogP contribution in [0.5, 0.6) is 0 Å². The van der Waals surface area contributed by atoms with Crippen LogP contribution in [0.4, 0.5) is 5.69 Å². The Labute approximate surface area is 165 Å². The van der Waals surface area contributed by atoms with Crippen molar-refractivity contribution < 1.29 is 0 Å². The number of rotatable bonds is 5. The van der Waals surface area contributed by atoms with Crippen LogP contribution < -0.4 is 0 Å². The third-order valence-electron chi connectivity index (χ3n) is 6.13. The van der Waals surface area contributed by atoms with E-state index in [1.54, 1.807) is 5.56 Å². The number of hydrogen-bond donors (Lipinski definition) is 0. The Hall–Kier alpha value is -2.09. The summed E-state index contributed by atoms with van der Waals surface area (Å²) >= 11 is 0. The molecule has 2 nitrogen and oxygen atoms in total. The highest BCUT2D eigenvalue weighted by Gasteiger charge is 2.34. The van der Waals surface area contributed by atoms with Gasteiger partial charge >= 0.3 is 0 Å². The largest absolute Gasteiger partial charge is 0.366 e. The molecule has 27 heavy (non-hydrogen) atoms. The fourth-order valence-corrected chi connectivity index (χ4v) is 4.38. The van der Waals surface area contributed by atoms with Gasteiger partial charge in [-0.05, 0) is 84.4 Å². The zero-order valence-corrected chi connectivity index (χ0v) is 18.1. The van der Waals surface area contributed by atoms with E-state index in [-0.39, 0.29) is 0 Å². The summed E-state index contributed by atoms with van der Waals surface area (Å²) in [7, 11) is 2.05. The normalized spacial score (nSPS) is 18.1. The van der Waals surface area contributed by atoms with Gasteiger partial charge in [0.25, 0.3) is 0 Å². The Bertz CT molecular complexity index is 861. The third-order valence-corrected chi connectivity index (χ3v) is 6.13. The van der Waals surface area contributed by atoms with Crippen LogP contribution in [0.3, 0.4) is 0 Å². The van der Waals surface area contributed by atoms with E-state index in [2.05, 4.69) is 88.8 Å². The highest BCUT2D eigenvalue weighted by Crippen LogP contribution is 2.45. The van der Waals surface area contributed by atoms with Gasteiger partial charge in [-0.2, -0.15) is 0 Å². The molecule has 2 aromatic carbocycles. The first-order valence-corrected chi connectivity index (χ1v) is 10.2. The minimum absolute atomic E-state index is 0.311. The summed E-state index contributed by atoms with van der Waals surface area (Å²) in [4.78, 5) is 6.75. The van der Waals surface area contributed by atoms with Crippen LogP contribution in [0.1, 0.15) is 73.4 Å². The molecule has 1 atom stereocenters. The Morgan fingerprint density at radius 1 is 1.15 bits per heavy atom. The van der Waals surface area contributed by atoms with Crippen LogP contribution in [0.2, 0.25) is 0 Å². The average molecular weight is 363 g/mol. The van der Waals surface area contributed by atoms with E-state index < -0.39 is 0 Å². The SMILES string of the molecule is CCN(C)/C=N\c1cc(C)c(Cc2ccc3c(c2)C(C)CC3(C)C)cc1C.